The first-order chi connectivity index (χ1) is 12.9. The molecule has 27 heavy (non-hydrogen) atoms. The average molecular weight is 369 g/mol. The van der Waals surface area contributed by atoms with E-state index in [9.17, 15) is 9.59 Å². The van der Waals surface area contributed by atoms with Gasteiger partial charge in [-0.15, -0.1) is 0 Å². The van der Waals surface area contributed by atoms with Gasteiger partial charge in [-0.1, -0.05) is 49.6 Å². The fraction of sp³-hybridized carbons (Fsp3) is 0.450. The molecule has 0 aliphatic heterocycles. The van der Waals surface area contributed by atoms with Crippen LogP contribution in [0.2, 0.25) is 0 Å². The molecule has 2 aromatic heterocycles. The molecule has 144 valence electrons. The molecule has 0 aliphatic rings. The van der Waals surface area contributed by atoms with Crippen molar-refractivity contribution >= 4 is 17.1 Å². The summed E-state index contributed by atoms with van der Waals surface area (Å²) in [4.78, 5) is 30.3. The number of anilines is 1. The Hall–Kier alpha value is -2.83. The molecule has 0 amide bonds. The van der Waals surface area contributed by atoms with Crippen LogP contribution in [0.5, 0.6) is 0 Å². The summed E-state index contributed by atoms with van der Waals surface area (Å²) in [5.74, 6) is 0.612. The average Bonchev–Trinajstić information content (AvgIpc) is 2.99. The molecule has 0 radical (unpaired) electrons. The molecule has 0 atom stereocenters. The van der Waals surface area contributed by atoms with Crippen LogP contribution in [0.4, 0.5) is 5.95 Å². The van der Waals surface area contributed by atoms with Crippen molar-refractivity contribution in [2.45, 2.75) is 39.7 Å². The van der Waals surface area contributed by atoms with Gasteiger partial charge in [0, 0.05) is 20.6 Å². The number of rotatable bonds is 7. The summed E-state index contributed by atoms with van der Waals surface area (Å²) in [6, 6.07) is 7.84. The van der Waals surface area contributed by atoms with Crippen molar-refractivity contribution in [3.63, 3.8) is 0 Å². The summed E-state index contributed by atoms with van der Waals surface area (Å²) < 4.78 is 4.46. The van der Waals surface area contributed by atoms with Gasteiger partial charge in [-0.05, 0) is 18.9 Å². The van der Waals surface area contributed by atoms with E-state index in [0.29, 0.717) is 17.1 Å². The van der Waals surface area contributed by atoms with Crippen LogP contribution in [-0.2, 0) is 20.6 Å². The normalized spacial score (nSPS) is 11.3. The zero-order valence-electron chi connectivity index (χ0n) is 16.5. The highest BCUT2D eigenvalue weighted by Gasteiger charge is 2.18. The molecule has 0 fully saturated rings. The minimum atomic E-state index is -0.358. The monoisotopic (exact) mass is 369 g/mol. The molecule has 3 aromatic rings. The first kappa shape index (κ1) is 18.9. The van der Waals surface area contributed by atoms with E-state index in [1.807, 2.05) is 31.2 Å². The summed E-state index contributed by atoms with van der Waals surface area (Å²) in [5, 5.41) is 3.27. The van der Waals surface area contributed by atoms with E-state index in [2.05, 4.69) is 17.2 Å². The van der Waals surface area contributed by atoms with Gasteiger partial charge < -0.3 is 9.88 Å². The lowest BCUT2D eigenvalue weighted by Crippen LogP contribution is -2.39. The Morgan fingerprint density at radius 1 is 1.04 bits per heavy atom. The second-order valence-corrected chi connectivity index (χ2v) is 7.02. The zero-order valence-corrected chi connectivity index (χ0v) is 16.5. The van der Waals surface area contributed by atoms with Gasteiger partial charge in [0.1, 0.15) is 0 Å². The fourth-order valence-electron chi connectivity index (χ4n) is 3.19. The second kappa shape index (κ2) is 7.82. The topological polar surface area (TPSA) is 73.8 Å². The van der Waals surface area contributed by atoms with Gasteiger partial charge in [-0.2, -0.15) is 4.98 Å². The quantitative estimate of drug-likeness (QED) is 0.649. The van der Waals surface area contributed by atoms with Crippen LogP contribution in [0.25, 0.3) is 11.2 Å². The zero-order chi connectivity index (χ0) is 19.6. The number of benzene rings is 1. The van der Waals surface area contributed by atoms with Crippen molar-refractivity contribution in [1.29, 1.82) is 0 Å². The molecular formula is C20H27N5O2. The molecule has 0 saturated carbocycles. The molecular weight excluding hydrogens is 342 g/mol. The lowest BCUT2D eigenvalue weighted by molar-refractivity contribution is 0.655. The molecule has 2 heterocycles. The lowest BCUT2D eigenvalue weighted by Gasteiger charge is -2.09. The van der Waals surface area contributed by atoms with Gasteiger partial charge in [0.25, 0.3) is 5.56 Å². The maximum atomic E-state index is 13.0. The summed E-state index contributed by atoms with van der Waals surface area (Å²) in [6.07, 6.45) is 3.32. The van der Waals surface area contributed by atoms with Gasteiger partial charge in [-0.3, -0.25) is 13.9 Å². The third-order valence-electron chi connectivity index (χ3n) is 4.88. The van der Waals surface area contributed by atoms with E-state index >= 15 is 0 Å². The van der Waals surface area contributed by atoms with Crippen molar-refractivity contribution in [1.82, 2.24) is 18.7 Å². The van der Waals surface area contributed by atoms with E-state index in [1.165, 1.54) is 9.13 Å². The molecule has 0 saturated heterocycles. The molecule has 0 unspecified atom stereocenters. The summed E-state index contributed by atoms with van der Waals surface area (Å²) >= 11 is 0. The van der Waals surface area contributed by atoms with Crippen LogP contribution in [-0.4, -0.2) is 25.2 Å². The van der Waals surface area contributed by atoms with E-state index < -0.39 is 0 Å². The minimum Gasteiger partial charge on any atom is -0.356 e. The minimum absolute atomic E-state index is 0.242. The Morgan fingerprint density at radius 3 is 2.41 bits per heavy atom. The van der Waals surface area contributed by atoms with Crippen LogP contribution in [0.1, 0.15) is 37.3 Å². The Labute approximate surface area is 158 Å². The first-order valence-electron chi connectivity index (χ1n) is 9.39. The highest BCUT2D eigenvalue weighted by molar-refractivity contribution is 5.74. The number of imidazole rings is 1. The van der Waals surface area contributed by atoms with Crippen LogP contribution >= 0.6 is 0 Å². The van der Waals surface area contributed by atoms with Gasteiger partial charge >= 0.3 is 5.69 Å². The number of hydrogen-bond donors (Lipinski definition) is 1. The third kappa shape index (κ3) is 3.67. The molecule has 0 aliphatic carbocycles. The number of unbranched alkanes of at least 4 members (excludes halogenated alkanes) is 2. The summed E-state index contributed by atoms with van der Waals surface area (Å²) in [5.41, 5.74) is 2.22. The predicted molar refractivity (Wildman–Crippen MR) is 109 cm³/mol. The standard InChI is InChI=1S/C20H27N5O2/c1-5-6-7-12-21-19-22-17-16(23(19)3)18(26)25(20(27)24(17)4)13-15-10-8-14(2)9-11-15/h8-11H,5-7,12-13H2,1-4H3,(H,21,22). The fourth-order valence-corrected chi connectivity index (χ4v) is 3.19. The van der Waals surface area contributed by atoms with Crippen LogP contribution in [0.3, 0.4) is 0 Å². The third-order valence-corrected chi connectivity index (χ3v) is 4.88. The predicted octanol–water partition coefficient (Wildman–Crippen LogP) is 2.39. The highest BCUT2D eigenvalue weighted by Crippen LogP contribution is 2.14. The van der Waals surface area contributed by atoms with Gasteiger partial charge in [0.05, 0.1) is 6.54 Å². The van der Waals surface area contributed by atoms with E-state index in [-0.39, 0.29) is 17.8 Å². The second-order valence-electron chi connectivity index (χ2n) is 7.02. The van der Waals surface area contributed by atoms with Gasteiger partial charge in [0.15, 0.2) is 11.2 Å². The first-order valence-corrected chi connectivity index (χ1v) is 9.39. The number of aromatic nitrogens is 4. The maximum absolute atomic E-state index is 13.0. The van der Waals surface area contributed by atoms with Crippen molar-refractivity contribution in [3.05, 3.63) is 56.2 Å². The summed E-state index contributed by atoms with van der Waals surface area (Å²) in [7, 11) is 3.46. The molecule has 0 spiro atoms. The van der Waals surface area contributed by atoms with Crippen molar-refractivity contribution in [3.8, 4) is 0 Å². The Balaban J connectivity index is 2.03. The van der Waals surface area contributed by atoms with Crippen LogP contribution in [0, 0.1) is 6.92 Å². The van der Waals surface area contributed by atoms with E-state index in [4.69, 9.17) is 0 Å². The molecule has 3 rings (SSSR count). The summed E-state index contributed by atoms with van der Waals surface area (Å²) in [6.45, 7) is 5.19. The number of nitrogens with zero attached hydrogens (tertiary/aromatic N) is 4. The molecule has 7 heteroatoms. The smallest absolute Gasteiger partial charge is 0.332 e. The SMILES string of the molecule is CCCCCNc1nc2c(c(=O)n(Cc3ccc(C)cc3)c(=O)n2C)n1C. The molecule has 0 bridgehead atoms. The Morgan fingerprint density at radius 2 is 1.74 bits per heavy atom. The Bertz CT molecular complexity index is 1060. The molecule has 7 nitrogen and oxygen atoms in total. The molecule has 1 aromatic carbocycles. The number of aryl methyl sites for hydroxylation is 3. The van der Waals surface area contributed by atoms with Crippen LogP contribution < -0.4 is 16.6 Å². The van der Waals surface area contributed by atoms with E-state index in [1.54, 1.807) is 18.7 Å². The lowest BCUT2D eigenvalue weighted by atomic mass is 10.1. The van der Waals surface area contributed by atoms with Crippen molar-refractivity contribution in [2.75, 3.05) is 11.9 Å². The number of fused-ring (bicyclic) bond motifs is 1. The highest BCUT2D eigenvalue weighted by atomic mass is 16.2. The van der Waals surface area contributed by atoms with Crippen molar-refractivity contribution in [2.24, 2.45) is 14.1 Å². The maximum Gasteiger partial charge on any atom is 0.332 e. The van der Waals surface area contributed by atoms with Crippen LogP contribution in [0.15, 0.2) is 33.9 Å². The van der Waals surface area contributed by atoms with E-state index in [0.717, 1.165) is 36.9 Å². The molecule has 1 N–H and O–H groups in total. The largest absolute Gasteiger partial charge is 0.356 e. The van der Waals surface area contributed by atoms with Crippen molar-refractivity contribution < 1.29 is 0 Å². The van der Waals surface area contributed by atoms with Gasteiger partial charge in [0.2, 0.25) is 5.95 Å². The number of hydrogen-bond acceptors (Lipinski definition) is 4. The Kier molecular flexibility index (Phi) is 5.48. The number of nitrogens with one attached hydrogen (secondary N) is 1. The van der Waals surface area contributed by atoms with Gasteiger partial charge in [-0.25, -0.2) is 4.79 Å².